The number of carbonyl (C=O) groups is 3. The van der Waals surface area contributed by atoms with Gasteiger partial charge in [0.15, 0.2) is 0 Å². The highest BCUT2D eigenvalue weighted by atomic mass is 19.4. The van der Waals surface area contributed by atoms with Crippen molar-refractivity contribution in [2.24, 2.45) is 11.8 Å². The third-order valence-electron chi connectivity index (χ3n) is 7.73. The van der Waals surface area contributed by atoms with Gasteiger partial charge < -0.3 is 5.11 Å². The second-order valence-electron chi connectivity index (χ2n) is 10.2. The average Bonchev–Trinajstić information content (AvgIpc) is 3.43. The summed E-state index contributed by atoms with van der Waals surface area (Å²) in [5.74, 6) is -5.71. The van der Waals surface area contributed by atoms with Gasteiger partial charge in [0, 0.05) is 31.1 Å². The normalized spacial score (nSPS) is 23.9. The zero-order valence-electron chi connectivity index (χ0n) is 21.8. The topological polar surface area (TPSA) is 130 Å². The summed E-state index contributed by atoms with van der Waals surface area (Å²) in [4.78, 5) is 51.9. The number of nitrogens with zero attached hydrogens (tertiary/aromatic N) is 2. The zero-order valence-corrected chi connectivity index (χ0v) is 21.8. The van der Waals surface area contributed by atoms with Crippen LogP contribution >= 0.6 is 0 Å². The first-order valence-corrected chi connectivity index (χ1v) is 12.9. The van der Waals surface area contributed by atoms with E-state index in [1.165, 1.54) is 30.3 Å². The summed E-state index contributed by atoms with van der Waals surface area (Å²) in [5, 5.41) is 24.5. The Bertz CT molecular complexity index is 1580. The van der Waals surface area contributed by atoms with Crippen LogP contribution in [-0.4, -0.2) is 44.8 Å². The van der Waals surface area contributed by atoms with E-state index in [1.807, 2.05) is 18.2 Å². The summed E-state index contributed by atoms with van der Waals surface area (Å²) in [5.41, 5.74) is -2.18. The number of halogens is 3. The Morgan fingerprint density at radius 1 is 1.02 bits per heavy atom. The fraction of sp³-hybridized carbons (Fsp3) is 0.233. The molecule has 2 amide bonds. The first kappa shape index (κ1) is 28.7. The van der Waals surface area contributed by atoms with E-state index in [-0.39, 0.29) is 24.2 Å². The molecule has 0 aliphatic carbocycles. The number of nitrogens with one attached hydrogen (secondary N) is 1. The highest BCUT2D eigenvalue weighted by Crippen LogP contribution is 2.50. The van der Waals surface area contributed by atoms with Gasteiger partial charge >= 0.3 is 12.1 Å². The van der Waals surface area contributed by atoms with Crippen LogP contribution in [0.15, 0.2) is 84.9 Å². The number of amides is 2. The van der Waals surface area contributed by atoms with Crippen LogP contribution in [-0.2, 0) is 27.0 Å². The highest BCUT2D eigenvalue weighted by molar-refractivity contribution is 6.09. The number of carboxylic acids is 1. The largest absolute Gasteiger partial charge is 0.480 e. The number of benzene rings is 3. The molecule has 0 spiro atoms. The van der Waals surface area contributed by atoms with Crippen molar-refractivity contribution in [1.29, 1.82) is 0 Å². The van der Waals surface area contributed by atoms with E-state index in [4.69, 9.17) is 0 Å². The molecule has 42 heavy (non-hydrogen) atoms. The Balaban J connectivity index is 1.56. The number of likely N-dealkylation sites (tertiary alicyclic amines) is 1. The second-order valence-corrected chi connectivity index (χ2v) is 10.2. The molecular weight excluding hydrogens is 555 g/mol. The summed E-state index contributed by atoms with van der Waals surface area (Å²) in [6, 6.07) is 17.1. The number of nitro groups is 1. The minimum absolute atomic E-state index is 0.00878. The highest BCUT2D eigenvalue weighted by Gasteiger charge is 2.68. The molecule has 5 rings (SSSR count). The number of nitro benzene ring substituents is 1. The third-order valence-corrected chi connectivity index (χ3v) is 7.73. The van der Waals surface area contributed by atoms with Crippen LogP contribution in [0.3, 0.4) is 0 Å². The van der Waals surface area contributed by atoms with Crippen molar-refractivity contribution in [3.8, 4) is 0 Å². The van der Waals surface area contributed by atoms with Crippen LogP contribution in [0.25, 0.3) is 6.08 Å². The van der Waals surface area contributed by atoms with Gasteiger partial charge in [-0.2, -0.15) is 13.2 Å². The number of carbonyl (C=O) groups excluding carboxylic acids is 2. The molecule has 0 bridgehead atoms. The lowest BCUT2D eigenvalue weighted by molar-refractivity contribution is -0.384. The summed E-state index contributed by atoms with van der Waals surface area (Å²) in [6.45, 7) is -0.165. The van der Waals surface area contributed by atoms with Crippen LogP contribution < -0.4 is 5.32 Å². The molecule has 2 fully saturated rings. The molecule has 3 aromatic rings. The SMILES string of the molecule is O=C1C2C(c3cccc(C(F)(F)F)c3)NC(Cc3ccc([N+](=O)[O-])cc3)(C(=O)O)C2C(=O)N1CC=Cc1ccccc1. The first-order valence-electron chi connectivity index (χ1n) is 12.9. The monoisotopic (exact) mass is 579 g/mol. The van der Waals surface area contributed by atoms with Gasteiger partial charge in [0.1, 0.15) is 5.54 Å². The molecule has 2 heterocycles. The molecule has 216 valence electrons. The standard InChI is InChI=1S/C30H24F3N3O6/c31-30(32,33)21-10-4-9-20(16-21)25-23-24(27(38)35(26(23)37)15-5-8-18-6-2-1-3-7-18)29(34-25,28(39)40)17-19-11-13-22(14-12-19)36(41)42/h1-14,16,23-25,34H,15,17H2,(H,39,40). The van der Waals surface area contributed by atoms with Crippen molar-refractivity contribution >= 4 is 29.5 Å². The smallest absolute Gasteiger partial charge is 0.416 e. The van der Waals surface area contributed by atoms with Crippen molar-refractivity contribution < 1.29 is 37.6 Å². The van der Waals surface area contributed by atoms with Gasteiger partial charge in [-0.15, -0.1) is 0 Å². The Morgan fingerprint density at radius 3 is 2.33 bits per heavy atom. The molecule has 12 heteroatoms. The van der Waals surface area contributed by atoms with Crippen LogP contribution in [0, 0.1) is 22.0 Å². The number of non-ortho nitro benzene ring substituents is 1. The number of carboxylic acid groups (broad SMARTS) is 1. The summed E-state index contributed by atoms with van der Waals surface area (Å²) >= 11 is 0. The maximum absolute atomic E-state index is 13.8. The minimum Gasteiger partial charge on any atom is -0.480 e. The van der Waals surface area contributed by atoms with E-state index in [9.17, 15) is 42.8 Å². The molecule has 2 aliphatic rings. The predicted molar refractivity (Wildman–Crippen MR) is 144 cm³/mol. The van der Waals surface area contributed by atoms with Gasteiger partial charge in [0.2, 0.25) is 11.8 Å². The molecule has 0 aromatic heterocycles. The molecular formula is C30H24F3N3O6. The van der Waals surface area contributed by atoms with Crippen LogP contribution in [0.4, 0.5) is 18.9 Å². The van der Waals surface area contributed by atoms with Crippen LogP contribution in [0.2, 0.25) is 0 Å². The quantitative estimate of drug-likeness (QED) is 0.226. The van der Waals surface area contributed by atoms with Gasteiger partial charge in [-0.05, 0) is 28.8 Å². The molecule has 2 aliphatic heterocycles. The van der Waals surface area contributed by atoms with E-state index in [1.54, 1.807) is 24.3 Å². The van der Waals surface area contributed by atoms with E-state index in [0.717, 1.165) is 28.7 Å². The molecule has 9 nitrogen and oxygen atoms in total. The van der Waals surface area contributed by atoms with Crippen molar-refractivity contribution in [2.75, 3.05) is 6.54 Å². The Hall–Kier alpha value is -4.84. The van der Waals surface area contributed by atoms with Crippen molar-refractivity contribution in [3.63, 3.8) is 0 Å². The van der Waals surface area contributed by atoms with Gasteiger partial charge in [0.25, 0.3) is 5.69 Å². The van der Waals surface area contributed by atoms with Gasteiger partial charge in [-0.3, -0.25) is 34.7 Å². The molecule has 0 radical (unpaired) electrons. The third kappa shape index (κ3) is 5.16. The van der Waals surface area contributed by atoms with E-state index >= 15 is 0 Å². The number of hydrogen-bond donors (Lipinski definition) is 2. The number of aliphatic carboxylic acids is 1. The van der Waals surface area contributed by atoms with Crippen molar-refractivity contribution in [3.05, 3.63) is 117 Å². The Kier molecular flexibility index (Phi) is 7.42. The fourth-order valence-electron chi connectivity index (χ4n) is 5.79. The molecule has 0 saturated carbocycles. The number of rotatable bonds is 8. The molecule has 3 aromatic carbocycles. The fourth-order valence-corrected chi connectivity index (χ4v) is 5.79. The van der Waals surface area contributed by atoms with Gasteiger partial charge in [-0.1, -0.05) is 66.7 Å². The molecule has 4 atom stereocenters. The zero-order chi connectivity index (χ0) is 30.2. The van der Waals surface area contributed by atoms with E-state index < -0.39 is 57.9 Å². The second kappa shape index (κ2) is 10.9. The number of hydrogen-bond acceptors (Lipinski definition) is 6. The van der Waals surface area contributed by atoms with E-state index in [0.29, 0.717) is 5.56 Å². The summed E-state index contributed by atoms with van der Waals surface area (Å²) in [6.07, 6.45) is -1.78. The number of imide groups is 1. The predicted octanol–water partition coefficient (Wildman–Crippen LogP) is 4.64. The van der Waals surface area contributed by atoms with Crippen molar-refractivity contribution in [2.45, 2.75) is 24.2 Å². The van der Waals surface area contributed by atoms with Crippen LogP contribution in [0.1, 0.15) is 28.3 Å². The average molecular weight is 580 g/mol. The minimum atomic E-state index is -4.69. The number of alkyl halides is 3. The van der Waals surface area contributed by atoms with Gasteiger partial charge in [0.05, 0.1) is 22.3 Å². The Morgan fingerprint density at radius 2 is 1.71 bits per heavy atom. The Labute approximate surface area is 237 Å². The summed E-state index contributed by atoms with van der Waals surface area (Å²) < 4.78 is 40.7. The maximum atomic E-state index is 13.8. The molecule has 4 unspecified atom stereocenters. The van der Waals surface area contributed by atoms with Crippen molar-refractivity contribution in [1.82, 2.24) is 10.2 Å². The van der Waals surface area contributed by atoms with Gasteiger partial charge in [-0.25, -0.2) is 0 Å². The number of fused-ring (bicyclic) bond motifs is 1. The summed E-state index contributed by atoms with van der Waals surface area (Å²) in [7, 11) is 0. The lowest BCUT2D eigenvalue weighted by atomic mass is 9.76. The lowest BCUT2D eigenvalue weighted by Gasteiger charge is -2.31. The molecule has 2 saturated heterocycles. The molecule has 2 N–H and O–H groups in total. The first-order chi connectivity index (χ1) is 19.9. The maximum Gasteiger partial charge on any atom is 0.416 e. The van der Waals surface area contributed by atoms with Crippen LogP contribution in [0.5, 0.6) is 0 Å². The lowest BCUT2D eigenvalue weighted by Crippen LogP contribution is -2.57. The van der Waals surface area contributed by atoms with E-state index in [2.05, 4.69) is 5.32 Å².